The molecule has 2 aromatic carbocycles. The van der Waals surface area contributed by atoms with Crippen molar-refractivity contribution in [1.29, 1.82) is 0 Å². The van der Waals surface area contributed by atoms with Gasteiger partial charge in [-0.25, -0.2) is 4.98 Å². The quantitative estimate of drug-likeness (QED) is 0.794. The minimum Gasteiger partial charge on any atom is -0.483 e. The summed E-state index contributed by atoms with van der Waals surface area (Å²) >= 11 is 1.45. The van der Waals surface area contributed by atoms with Gasteiger partial charge in [0.15, 0.2) is 11.7 Å². The number of carbonyl (C=O) groups excluding carboxylic acids is 1. The zero-order valence-corrected chi connectivity index (χ0v) is 13.2. The van der Waals surface area contributed by atoms with E-state index in [1.54, 1.807) is 0 Å². The molecule has 1 N–H and O–H groups in total. The number of ether oxygens (including phenoxy) is 1. The Labute approximate surface area is 132 Å². The summed E-state index contributed by atoms with van der Waals surface area (Å²) in [7, 11) is 0. The Kier molecular flexibility index (Phi) is 4.06. The van der Waals surface area contributed by atoms with Crippen molar-refractivity contribution in [2.45, 2.75) is 13.8 Å². The standard InChI is InChI=1S/C17H16N2O2S/c1-11-7-8-12(2)14(9-11)21-10-16(20)19-17-18-13-5-3-4-6-15(13)22-17/h3-9H,10H2,1-2H3,(H,18,19,20). The van der Waals surface area contributed by atoms with Crippen LogP contribution in [0.25, 0.3) is 10.2 Å². The first-order valence-corrected chi connectivity index (χ1v) is 7.79. The third-order valence-corrected chi connectivity index (χ3v) is 4.19. The number of anilines is 1. The average Bonchev–Trinajstić information content (AvgIpc) is 2.90. The van der Waals surface area contributed by atoms with Gasteiger partial charge in [0.2, 0.25) is 0 Å². The van der Waals surface area contributed by atoms with Crippen LogP contribution in [0.3, 0.4) is 0 Å². The van der Waals surface area contributed by atoms with E-state index in [0.717, 1.165) is 27.1 Å². The van der Waals surface area contributed by atoms with Crippen LogP contribution in [0.15, 0.2) is 42.5 Å². The van der Waals surface area contributed by atoms with Crippen LogP contribution in [0.2, 0.25) is 0 Å². The van der Waals surface area contributed by atoms with Crippen LogP contribution >= 0.6 is 11.3 Å². The van der Waals surface area contributed by atoms with Crippen LogP contribution in [-0.2, 0) is 4.79 Å². The lowest BCUT2D eigenvalue weighted by Crippen LogP contribution is -2.20. The maximum Gasteiger partial charge on any atom is 0.264 e. The molecule has 0 saturated carbocycles. The number of aromatic nitrogens is 1. The van der Waals surface area contributed by atoms with E-state index in [1.807, 2.05) is 56.3 Å². The number of amides is 1. The van der Waals surface area contributed by atoms with Crippen LogP contribution in [0, 0.1) is 13.8 Å². The molecule has 0 aliphatic heterocycles. The van der Waals surface area contributed by atoms with E-state index in [9.17, 15) is 4.79 Å². The highest BCUT2D eigenvalue weighted by Gasteiger charge is 2.09. The van der Waals surface area contributed by atoms with Gasteiger partial charge in [0, 0.05) is 0 Å². The first-order chi connectivity index (χ1) is 10.6. The summed E-state index contributed by atoms with van der Waals surface area (Å²) in [4.78, 5) is 16.4. The molecule has 4 nitrogen and oxygen atoms in total. The Hall–Kier alpha value is -2.40. The molecule has 0 atom stereocenters. The zero-order valence-electron chi connectivity index (χ0n) is 12.4. The van der Waals surface area contributed by atoms with Crippen molar-refractivity contribution >= 4 is 32.6 Å². The van der Waals surface area contributed by atoms with Crippen molar-refractivity contribution in [2.75, 3.05) is 11.9 Å². The summed E-state index contributed by atoms with van der Waals surface area (Å²) in [6.07, 6.45) is 0. The van der Waals surface area contributed by atoms with E-state index >= 15 is 0 Å². The minimum atomic E-state index is -0.208. The number of aryl methyl sites for hydroxylation is 2. The lowest BCUT2D eigenvalue weighted by Gasteiger charge is -2.09. The van der Waals surface area contributed by atoms with Gasteiger partial charge in [-0.2, -0.15) is 0 Å². The molecular formula is C17H16N2O2S. The molecule has 0 saturated heterocycles. The van der Waals surface area contributed by atoms with E-state index < -0.39 is 0 Å². The highest BCUT2D eigenvalue weighted by molar-refractivity contribution is 7.22. The number of carbonyl (C=O) groups is 1. The first kappa shape index (κ1) is 14.5. The fourth-order valence-electron chi connectivity index (χ4n) is 2.09. The molecule has 0 fully saturated rings. The van der Waals surface area contributed by atoms with E-state index in [-0.39, 0.29) is 12.5 Å². The lowest BCUT2D eigenvalue weighted by molar-refractivity contribution is -0.118. The maximum absolute atomic E-state index is 12.0. The van der Waals surface area contributed by atoms with E-state index in [2.05, 4.69) is 10.3 Å². The Morgan fingerprint density at radius 1 is 1.23 bits per heavy atom. The largest absolute Gasteiger partial charge is 0.483 e. The molecule has 0 spiro atoms. The number of benzene rings is 2. The number of nitrogens with zero attached hydrogens (tertiary/aromatic N) is 1. The third-order valence-electron chi connectivity index (χ3n) is 3.24. The van der Waals surface area contributed by atoms with E-state index in [0.29, 0.717) is 5.13 Å². The van der Waals surface area contributed by atoms with Crippen LogP contribution in [0.4, 0.5) is 5.13 Å². The van der Waals surface area contributed by atoms with Gasteiger partial charge in [-0.05, 0) is 43.2 Å². The molecule has 1 aromatic heterocycles. The van der Waals surface area contributed by atoms with Crippen molar-refractivity contribution in [3.63, 3.8) is 0 Å². The number of nitrogens with one attached hydrogen (secondary N) is 1. The summed E-state index contributed by atoms with van der Waals surface area (Å²) < 4.78 is 6.64. The molecule has 5 heteroatoms. The summed E-state index contributed by atoms with van der Waals surface area (Å²) in [5.74, 6) is 0.527. The highest BCUT2D eigenvalue weighted by Crippen LogP contribution is 2.25. The number of thiazole rings is 1. The Bertz CT molecular complexity index is 793. The van der Waals surface area contributed by atoms with Gasteiger partial charge in [-0.3, -0.25) is 10.1 Å². The predicted molar refractivity (Wildman–Crippen MR) is 89.7 cm³/mol. The van der Waals surface area contributed by atoms with Gasteiger partial charge >= 0.3 is 0 Å². The molecule has 3 aromatic rings. The number of fused-ring (bicyclic) bond motifs is 1. The second-order valence-electron chi connectivity index (χ2n) is 5.09. The van der Waals surface area contributed by atoms with E-state index in [1.165, 1.54) is 11.3 Å². The third kappa shape index (κ3) is 3.26. The number of hydrogen-bond acceptors (Lipinski definition) is 4. The van der Waals surface area contributed by atoms with Crippen LogP contribution < -0.4 is 10.1 Å². The predicted octanol–water partition coefficient (Wildman–Crippen LogP) is 3.93. The Morgan fingerprint density at radius 3 is 2.86 bits per heavy atom. The lowest BCUT2D eigenvalue weighted by atomic mass is 10.1. The van der Waals surface area contributed by atoms with Gasteiger partial charge in [0.25, 0.3) is 5.91 Å². The van der Waals surface area contributed by atoms with Crippen molar-refractivity contribution < 1.29 is 9.53 Å². The van der Waals surface area contributed by atoms with Crippen LogP contribution in [0.5, 0.6) is 5.75 Å². The van der Waals surface area contributed by atoms with Gasteiger partial charge in [0.05, 0.1) is 10.2 Å². The molecule has 0 radical (unpaired) electrons. The SMILES string of the molecule is Cc1ccc(C)c(OCC(=O)Nc2nc3ccccc3s2)c1. The number of hydrogen-bond donors (Lipinski definition) is 1. The summed E-state index contributed by atoms with van der Waals surface area (Å²) in [6, 6.07) is 13.7. The smallest absolute Gasteiger partial charge is 0.264 e. The molecule has 112 valence electrons. The fourth-order valence-corrected chi connectivity index (χ4v) is 2.97. The fraction of sp³-hybridized carbons (Fsp3) is 0.176. The second-order valence-corrected chi connectivity index (χ2v) is 6.12. The van der Waals surface area contributed by atoms with Gasteiger partial charge in [-0.15, -0.1) is 0 Å². The molecule has 1 heterocycles. The van der Waals surface area contributed by atoms with Crippen molar-refractivity contribution in [1.82, 2.24) is 4.98 Å². The minimum absolute atomic E-state index is 0.0276. The van der Waals surface area contributed by atoms with E-state index in [4.69, 9.17) is 4.74 Å². The normalized spacial score (nSPS) is 10.6. The highest BCUT2D eigenvalue weighted by atomic mass is 32.1. The molecular weight excluding hydrogens is 296 g/mol. The van der Waals surface area contributed by atoms with Crippen molar-refractivity contribution in [3.05, 3.63) is 53.6 Å². The molecule has 22 heavy (non-hydrogen) atoms. The van der Waals surface area contributed by atoms with Crippen molar-refractivity contribution in [2.24, 2.45) is 0 Å². The molecule has 0 bridgehead atoms. The zero-order chi connectivity index (χ0) is 15.5. The van der Waals surface area contributed by atoms with Crippen LogP contribution in [0.1, 0.15) is 11.1 Å². The summed E-state index contributed by atoms with van der Waals surface area (Å²) in [5, 5.41) is 3.37. The van der Waals surface area contributed by atoms with Crippen LogP contribution in [-0.4, -0.2) is 17.5 Å². The summed E-state index contributed by atoms with van der Waals surface area (Å²) in [6.45, 7) is 3.92. The van der Waals surface area contributed by atoms with Gasteiger partial charge < -0.3 is 4.74 Å². The monoisotopic (exact) mass is 312 g/mol. The topological polar surface area (TPSA) is 51.2 Å². The number of para-hydroxylation sites is 1. The van der Waals surface area contributed by atoms with Crippen molar-refractivity contribution in [3.8, 4) is 5.75 Å². The molecule has 0 aliphatic rings. The Morgan fingerprint density at radius 2 is 2.05 bits per heavy atom. The first-order valence-electron chi connectivity index (χ1n) is 6.97. The maximum atomic E-state index is 12.0. The average molecular weight is 312 g/mol. The molecule has 3 rings (SSSR count). The summed E-state index contributed by atoms with van der Waals surface area (Å²) in [5.41, 5.74) is 3.00. The molecule has 1 amide bonds. The molecule has 0 unspecified atom stereocenters. The Balaban J connectivity index is 1.63. The second kappa shape index (κ2) is 6.15. The van der Waals surface area contributed by atoms with Gasteiger partial charge in [-0.1, -0.05) is 35.6 Å². The van der Waals surface area contributed by atoms with Gasteiger partial charge in [0.1, 0.15) is 5.75 Å². The molecule has 0 aliphatic carbocycles. The number of rotatable bonds is 4.